The van der Waals surface area contributed by atoms with E-state index in [1.807, 2.05) is 11.8 Å². The van der Waals surface area contributed by atoms with Crippen LogP contribution in [-0.2, 0) is 4.74 Å². The van der Waals surface area contributed by atoms with Crippen LogP contribution in [0.2, 0.25) is 0 Å². The van der Waals surface area contributed by atoms with E-state index in [9.17, 15) is 9.18 Å². The molecule has 1 saturated carbocycles. The van der Waals surface area contributed by atoms with Gasteiger partial charge in [0.2, 0.25) is 0 Å². The summed E-state index contributed by atoms with van der Waals surface area (Å²) in [5, 5.41) is 0. The number of carbonyl (C=O) groups is 1. The first kappa shape index (κ1) is 14.5. The van der Waals surface area contributed by atoms with Crippen molar-refractivity contribution < 1.29 is 13.9 Å². The molecule has 1 amide bonds. The van der Waals surface area contributed by atoms with Gasteiger partial charge in [-0.3, -0.25) is 4.79 Å². The molecule has 1 saturated heterocycles. The summed E-state index contributed by atoms with van der Waals surface area (Å²) >= 11 is 0. The molecule has 0 unspecified atom stereocenters. The van der Waals surface area contributed by atoms with Crippen LogP contribution in [-0.4, -0.2) is 36.6 Å². The quantitative estimate of drug-likeness (QED) is 0.855. The van der Waals surface area contributed by atoms with Crippen LogP contribution < -0.4 is 0 Å². The van der Waals surface area contributed by atoms with E-state index in [0.717, 1.165) is 45.4 Å². The molecule has 3 nitrogen and oxygen atoms in total. The molecular weight excluding hydrogens is 269 g/mol. The smallest absolute Gasteiger partial charge is 0.253 e. The number of halogens is 1. The van der Waals surface area contributed by atoms with E-state index >= 15 is 0 Å². The second kappa shape index (κ2) is 5.76. The molecule has 2 fully saturated rings. The van der Waals surface area contributed by atoms with Crippen LogP contribution in [0.3, 0.4) is 0 Å². The normalized spacial score (nSPS) is 21.3. The molecule has 4 heteroatoms. The summed E-state index contributed by atoms with van der Waals surface area (Å²) in [6.07, 6.45) is 4.75. The molecule has 1 aliphatic carbocycles. The Kier molecular flexibility index (Phi) is 3.98. The second-order valence-electron chi connectivity index (χ2n) is 6.29. The van der Waals surface area contributed by atoms with E-state index in [-0.39, 0.29) is 11.7 Å². The molecule has 0 bridgehead atoms. The van der Waals surface area contributed by atoms with E-state index in [1.54, 1.807) is 12.1 Å². The maximum Gasteiger partial charge on any atom is 0.253 e. The number of carbonyl (C=O) groups excluding carboxylic acids is 1. The summed E-state index contributed by atoms with van der Waals surface area (Å²) in [7, 11) is 0. The number of likely N-dealkylation sites (tertiary alicyclic amines) is 1. The van der Waals surface area contributed by atoms with Gasteiger partial charge in [0.05, 0.1) is 6.10 Å². The van der Waals surface area contributed by atoms with E-state index in [4.69, 9.17) is 4.74 Å². The van der Waals surface area contributed by atoms with Gasteiger partial charge in [0.25, 0.3) is 5.91 Å². The van der Waals surface area contributed by atoms with Crippen molar-refractivity contribution in [2.24, 2.45) is 5.41 Å². The zero-order valence-electron chi connectivity index (χ0n) is 12.5. The van der Waals surface area contributed by atoms with Gasteiger partial charge < -0.3 is 9.64 Å². The number of hydrogen-bond donors (Lipinski definition) is 0. The number of nitrogens with zero attached hydrogens (tertiary/aromatic N) is 1. The van der Waals surface area contributed by atoms with Crippen molar-refractivity contribution in [3.8, 4) is 0 Å². The van der Waals surface area contributed by atoms with Crippen molar-refractivity contribution in [3.63, 3.8) is 0 Å². The van der Waals surface area contributed by atoms with Gasteiger partial charge in [0.1, 0.15) is 5.82 Å². The number of piperidine rings is 1. The topological polar surface area (TPSA) is 29.5 Å². The first-order chi connectivity index (χ1) is 10.1. The van der Waals surface area contributed by atoms with E-state index in [0.29, 0.717) is 17.1 Å². The van der Waals surface area contributed by atoms with Crippen molar-refractivity contribution in [2.75, 3.05) is 19.7 Å². The number of ether oxygens (including phenoxy) is 1. The monoisotopic (exact) mass is 291 g/mol. The molecule has 21 heavy (non-hydrogen) atoms. The first-order valence-corrected chi connectivity index (χ1v) is 7.78. The summed E-state index contributed by atoms with van der Waals surface area (Å²) in [5.41, 5.74) is 0.838. The highest BCUT2D eigenvalue weighted by Crippen LogP contribution is 2.50. The van der Waals surface area contributed by atoms with Crippen LogP contribution >= 0.6 is 0 Å². The van der Waals surface area contributed by atoms with Gasteiger partial charge in [-0.05, 0) is 56.2 Å². The molecule has 1 aromatic carbocycles. The first-order valence-electron chi connectivity index (χ1n) is 7.78. The van der Waals surface area contributed by atoms with Crippen molar-refractivity contribution in [1.82, 2.24) is 4.90 Å². The van der Waals surface area contributed by atoms with Crippen LogP contribution in [0.5, 0.6) is 0 Å². The highest BCUT2D eigenvalue weighted by atomic mass is 19.1. The van der Waals surface area contributed by atoms with E-state index in [1.165, 1.54) is 12.1 Å². The number of hydrogen-bond acceptors (Lipinski definition) is 2. The van der Waals surface area contributed by atoms with Crippen LogP contribution in [0.25, 0.3) is 0 Å². The third kappa shape index (κ3) is 2.95. The van der Waals surface area contributed by atoms with Gasteiger partial charge >= 0.3 is 0 Å². The van der Waals surface area contributed by atoms with Crippen LogP contribution in [0, 0.1) is 11.2 Å². The molecule has 1 aliphatic heterocycles. The van der Waals surface area contributed by atoms with Crippen LogP contribution in [0.4, 0.5) is 4.39 Å². The summed E-state index contributed by atoms with van der Waals surface area (Å²) in [6, 6.07) is 5.96. The van der Waals surface area contributed by atoms with Gasteiger partial charge in [-0.25, -0.2) is 4.39 Å². The lowest BCUT2D eigenvalue weighted by atomic mass is 9.61. The number of benzene rings is 1. The van der Waals surface area contributed by atoms with Gasteiger partial charge in [0, 0.05) is 25.3 Å². The third-order valence-corrected chi connectivity index (χ3v) is 4.91. The average molecular weight is 291 g/mol. The van der Waals surface area contributed by atoms with Crippen molar-refractivity contribution in [3.05, 3.63) is 35.6 Å². The van der Waals surface area contributed by atoms with Gasteiger partial charge in [-0.1, -0.05) is 6.07 Å². The van der Waals surface area contributed by atoms with Gasteiger partial charge in [0.15, 0.2) is 0 Å². The average Bonchev–Trinajstić information content (AvgIpc) is 2.46. The minimum Gasteiger partial charge on any atom is -0.378 e. The highest BCUT2D eigenvalue weighted by Gasteiger charge is 2.46. The summed E-state index contributed by atoms with van der Waals surface area (Å²) in [6.45, 7) is 4.36. The Hall–Kier alpha value is -1.42. The highest BCUT2D eigenvalue weighted by molar-refractivity contribution is 5.94. The molecule has 2 aliphatic rings. The maximum absolute atomic E-state index is 13.2. The second-order valence-corrected chi connectivity index (χ2v) is 6.29. The Labute approximate surface area is 125 Å². The molecule has 1 spiro atoms. The Bertz CT molecular complexity index is 515. The predicted octanol–water partition coefficient (Wildman–Crippen LogP) is 3.25. The van der Waals surface area contributed by atoms with Crippen molar-refractivity contribution in [2.45, 2.75) is 38.7 Å². The lowest BCUT2D eigenvalue weighted by Crippen LogP contribution is -2.51. The molecule has 0 aromatic heterocycles. The van der Waals surface area contributed by atoms with Gasteiger partial charge in [-0.15, -0.1) is 0 Å². The van der Waals surface area contributed by atoms with Gasteiger partial charge in [-0.2, -0.15) is 0 Å². The molecule has 1 heterocycles. The van der Waals surface area contributed by atoms with Crippen molar-refractivity contribution >= 4 is 5.91 Å². The summed E-state index contributed by atoms with van der Waals surface area (Å²) in [4.78, 5) is 14.2. The van der Waals surface area contributed by atoms with Crippen LogP contribution in [0.1, 0.15) is 43.0 Å². The Morgan fingerprint density at radius 2 is 2.10 bits per heavy atom. The Morgan fingerprint density at radius 1 is 1.38 bits per heavy atom. The molecule has 0 radical (unpaired) electrons. The Balaban J connectivity index is 1.56. The fourth-order valence-corrected chi connectivity index (χ4v) is 3.66. The minimum atomic E-state index is -0.354. The minimum absolute atomic E-state index is 0.0509. The third-order valence-electron chi connectivity index (χ3n) is 4.91. The number of amides is 1. The predicted molar refractivity (Wildman–Crippen MR) is 78.6 cm³/mol. The van der Waals surface area contributed by atoms with E-state index < -0.39 is 0 Å². The molecule has 0 N–H and O–H groups in total. The summed E-state index contributed by atoms with van der Waals surface area (Å²) in [5.74, 6) is -0.405. The lowest BCUT2D eigenvalue weighted by Gasteiger charge is -2.51. The summed E-state index contributed by atoms with van der Waals surface area (Å²) < 4.78 is 18.9. The molecular formula is C17H22FNO2. The molecule has 0 atom stereocenters. The molecule has 114 valence electrons. The number of rotatable bonds is 3. The maximum atomic E-state index is 13.2. The fourth-order valence-electron chi connectivity index (χ4n) is 3.66. The fraction of sp³-hybridized carbons (Fsp3) is 0.588. The molecule has 1 aromatic rings. The largest absolute Gasteiger partial charge is 0.378 e. The van der Waals surface area contributed by atoms with E-state index in [2.05, 4.69) is 0 Å². The standard InChI is InChI=1S/C17H22FNO2/c1-2-21-15-11-17(12-15)6-8-19(9-7-17)16(20)13-4-3-5-14(18)10-13/h3-5,10,15H,2,6-9,11-12H2,1H3. The lowest BCUT2D eigenvalue weighted by molar-refractivity contribution is -0.0980. The van der Waals surface area contributed by atoms with Crippen LogP contribution in [0.15, 0.2) is 24.3 Å². The zero-order valence-corrected chi connectivity index (χ0v) is 12.5. The molecule has 3 rings (SSSR count). The van der Waals surface area contributed by atoms with Crippen molar-refractivity contribution in [1.29, 1.82) is 0 Å². The zero-order chi connectivity index (χ0) is 14.9. The SMILES string of the molecule is CCOC1CC2(CCN(C(=O)c3cccc(F)c3)CC2)C1. The Morgan fingerprint density at radius 3 is 2.71 bits per heavy atom.